The number of quaternary nitrogens is 2. The van der Waals surface area contributed by atoms with Crippen LogP contribution >= 0.6 is 0 Å². The first kappa shape index (κ1) is 26.4. The van der Waals surface area contributed by atoms with E-state index in [1.165, 1.54) is 0 Å². The molecule has 0 aliphatic rings. The normalized spacial score (nSPS) is 3.43. The average Bonchev–Trinajstić information content (AvgIpc) is 0.811. The molecule has 0 atom stereocenters. The van der Waals surface area contributed by atoms with Gasteiger partial charge < -0.3 is 25.8 Å². The van der Waals surface area contributed by atoms with Crippen molar-refractivity contribution in [3.8, 4) is 0 Å². The Bertz CT molecular complexity index is 82.3. The van der Waals surface area contributed by atoms with Crippen molar-refractivity contribution < 1.29 is 27.4 Å². The van der Waals surface area contributed by atoms with Crippen LogP contribution in [0.3, 0.4) is 0 Å². The Morgan fingerprint density at radius 1 is 0.857 bits per heavy atom. The first-order valence-electron chi connectivity index (χ1n) is 0.500. The zero-order valence-corrected chi connectivity index (χ0v) is 6.86. The summed E-state index contributed by atoms with van der Waals surface area (Å²) in [5, 5.41) is 0. The molecule has 8 N–H and O–H groups in total. The van der Waals surface area contributed by atoms with E-state index >= 15 is 0 Å². The quantitative estimate of drug-likeness (QED) is 0.564. The molecular formula is H8MoN2O3S. The molecule has 0 amide bonds. The monoisotopic (exact) mass is 214 g/mol. The molecule has 0 aliphatic heterocycles. The van der Waals surface area contributed by atoms with Crippen molar-refractivity contribution in [3.63, 3.8) is 0 Å². The maximum atomic E-state index is 8.59. The van der Waals surface area contributed by atoms with Crippen LogP contribution in [-0.2, 0) is 40.9 Å². The second-order valence-electron chi connectivity index (χ2n) is 0.204. The van der Waals surface area contributed by atoms with Crippen LogP contribution in [0.25, 0.3) is 0 Å². The SMILES string of the molecule is [NH4+].[NH4+].[O]=[Mo](=[O])=[O].[S-2]. The van der Waals surface area contributed by atoms with Gasteiger partial charge in [0, 0.05) is 0 Å². The first-order chi connectivity index (χ1) is 1.73. The molecule has 0 aromatic carbocycles. The Hall–Kier alpha value is 0.358. The van der Waals surface area contributed by atoms with E-state index < -0.39 is 17.2 Å². The molecule has 0 aromatic heterocycles. The zero-order chi connectivity index (χ0) is 3.58. The average molecular weight is 212 g/mol. The van der Waals surface area contributed by atoms with Crippen LogP contribution < -0.4 is 12.3 Å². The van der Waals surface area contributed by atoms with Gasteiger partial charge in [0.25, 0.3) is 0 Å². The fourth-order valence-electron chi connectivity index (χ4n) is 0. The van der Waals surface area contributed by atoms with Gasteiger partial charge in [-0.1, -0.05) is 0 Å². The predicted molar refractivity (Wildman–Crippen MR) is 21.4 cm³/mol. The minimum atomic E-state index is -4.11. The van der Waals surface area contributed by atoms with Gasteiger partial charge in [-0.05, 0) is 0 Å². The molecule has 0 radical (unpaired) electrons. The molecule has 0 rings (SSSR count). The van der Waals surface area contributed by atoms with Crippen LogP contribution in [-0.4, -0.2) is 0 Å². The number of hydrogen-bond donors (Lipinski definition) is 2. The van der Waals surface area contributed by atoms with Gasteiger partial charge in [0.15, 0.2) is 0 Å². The molecule has 0 spiro atoms. The maximum Gasteiger partial charge on any atom is -2.00 e. The van der Waals surface area contributed by atoms with E-state index in [0.717, 1.165) is 0 Å². The second kappa shape index (κ2) is 16.2. The van der Waals surface area contributed by atoms with Crippen LogP contribution in [0.4, 0.5) is 0 Å². The Labute approximate surface area is 53.6 Å². The third-order valence-electron chi connectivity index (χ3n) is 0. The Kier molecular flexibility index (Phi) is 61.0. The standard InChI is InChI=1S/Mo.2H3N.3O.S/h;2*1H3;;;;/q;;;;;;-2/p+2. The van der Waals surface area contributed by atoms with E-state index in [1.54, 1.807) is 0 Å². The van der Waals surface area contributed by atoms with Crippen LogP contribution in [0, 0.1) is 0 Å². The molecule has 0 aromatic rings. The van der Waals surface area contributed by atoms with Crippen molar-refractivity contribution in [2.75, 3.05) is 0 Å². The molecule has 0 saturated heterocycles. The van der Waals surface area contributed by atoms with Gasteiger partial charge in [0.1, 0.15) is 0 Å². The van der Waals surface area contributed by atoms with Gasteiger partial charge in [-0.2, -0.15) is 0 Å². The molecule has 0 aliphatic carbocycles. The van der Waals surface area contributed by atoms with Crippen molar-refractivity contribution in [1.29, 1.82) is 0 Å². The van der Waals surface area contributed by atoms with Gasteiger partial charge in [-0.15, -0.1) is 0 Å². The van der Waals surface area contributed by atoms with Gasteiger partial charge >= 0.3 is 27.4 Å². The van der Waals surface area contributed by atoms with Gasteiger partial charge in [0.05, 0.1) is 0 Å². The van der Waals surface area contributed by atoms with Crippen molar-refractivity contribution in [1.82, 2.24) is 12.3 Å². The fraction of sp³-hybridized carbons (Fsp3) is 0. The predicted octanol–water partition coefficient (Wildman–Crippen LogP) is 0.391. The molecule has 7 heavy (non-hydrogen) atoms. The molecule has 0 saturated carbocycles. The van der Waals surface area contributed by atoms with Crippen LogP contribution in [0.5, 0.6) is 0 Å². The van der Waals surface area contributed by atoms with E-state index in [4.69, 9.17) is 10.2 Å². The summed E-state index contributed by atoms with van der Waals surface area (Å²) in [6, 6.07) is 0. The van der Waals surface area contributed by atoms with Crippen molar-refractivity contribution in [2.45, 2.75) is 0 Å². The molecule has 0 heterocycles. The Morgan fingerprint density at radius 3 is 0.857 bits per heavy atom. The summed E-state index contributed by atoms with van der Waals surface area (Å²) in [5.74, 6) is 0. The smallest absolute Gasteiger partial charge is 2.00 e. The van der Waals surface area contributed by atoms with E-state index in [1.807, 2.05) is 0 Å². The Morgan fingerprint density at radius 2 is 0.857 bits per heavy atom. The third-order valence-corrected chi connectivity index (χ3v) is 0. The van der Waals surface area contributed by atoms with Crippen molar-refractivity contribution in [2.24, 2.45) is 0 Å². The molecule has 0 bridgehead atoms. The first-order valence-corrected chi connectivity index (χ1v) is 2.96. The van der Waals surface area contributed by atoms with E-state index in [0.29, 0.717) is 0 Å². The minimum absolute atomic E-state index is 0. The van der Waals surface area contributed by atoms with Crippen molar-refractivity contribution in [3.05, 3.63) is 0 Å². The van der Waals surface area contributed by atoms with Crippen LogP contribution in [0.1, 0.15) is 0 Å². The van der Waals surface area contributed by atoms with Gasteiger partial charge in [-0.25, -0.2) is 0 Å². The van der Waals surface area contributed by atoms with Gasteiger partial charge in [-0.3, -0.25) is 0 Å². The van der Waals surface area contributed by atoms with E-state index in [-0.39, 0.29) is 25.8 Å². The summed E-state index contributed by atoms with van der Waals surface area (Å²) in [6.07, 6.45) is 0. The number of hydrogen-bond acceptors (Lipinski definition) is 3. The maximum absolute atomic E-state index is 8.59. The second-order valence-corrected chi connectivity index (χ2v) is 1.21. The largest absolute Gasteiger partial charge is 2.00 e. The third kappa shape index (κ3) is 941. The van der Waals surface area contributed by atoms with E-state index in [9.17, 15) is 0 Å². The summed E-state index contributed by atoms with van der Waals surface area (Å²) in [4.78, 5) is 0. The molecular weight excluding hydrogens is 204 g/mol. The summed E-state index contributed by atoms with van der Waals surface area (Å²) < 4.78 is 25.8. The van der Waals surface area contributed by atoms with Gasteiger partial charge in [0.2, 0.25) is 0 Å². The van der Waals surface area contributed by atoms with Crippen LogP contribution in [0.15, 0.2) is 0 Å². The summed E-state index contributed by atoms with van der Waals surface area (Å²) >= 11 is -4.11. The molecule has 7 heteroatoms. The topological polar surface area (TPSA) is 124 Å². The molecule has 5 nitrogen and oxygen atoms in total. The molecule has 48 valence electrons. The fourth-order valence-corrected chi connectivity index (χ4v) is 0. The van der Waals surface area contributed by atoms with Crippen LogP contribution in [0.2, 0.25) is 0 Å². The summed E-state index contributed by atoms with van der Waals surface area (Å²) in [5.41, 5.74) is 0. The number of rotatable bonds is 0. The Balaban J connectivity index is -0.0000000150. The molecule has 0 unspecified atom stereocenters. The molecule has 0 fully saturated rings. The summed E-state index contributed by atoms with van der Waals surface area (Å²) in [6.45, 7) is 0. The van der Waals surface area contributed by atoms with Crippen molar-refractivity contribution >= 4 is 13.5 Å². The summed E-state index contributed by atoms with van der Waals surface area (Å²) in [7, 11) is 0. The zero-order valence-electron chi connectivity index (χ0n) is 4.04. The minimum Gasteiger partial charge on any atom is -2.00 e. The van der Waals surface area contributed by atoms with E-state index in [2.05, 4.69) is 0 Å².